The summed E-state index contributed by atoms with van der Waals surface area (Å²) in [6.45, 7) is 18.1. The van der Waals surface area contributed by atoms with E-state index in [9.17, 15) is 0 Å². The summed E-state index contributed by atoms with van der Waals surface area (Å²) in [6, 6.07) is 62.5. The molecule has 0 bridgehead atoms. The van der Waals surface area contributed by atoms with E-state index in [4.69, 9.17) is 16.8 Å². The van der Waals surface area contributed by atoms with Crippen LogP contribution in [0, 0.1) is 12.1 Å². The third-order valence-corrected chi connectivity index (χ3v) is 15.8. The third kappa shape index (κ3) is 8.96. The molecule has 0 aliphatic heterocycles. The number of hydrogen-bond donors (Lipinski definition) is 0. The molecule has 13 rings (SSSR count). The number of para-hydroxylation sites is 6. The van der Waals surface area contributed by atoms with Gasteiger partial charge in [0.1, 0.15) is 0 Å². The summed E-state index contributed by atoms with van der Waals surface area (Å²) in [4.78, 5) is 10.3. The fourth-order valence-corrected chi connectivity index (χ4v) is 12.2. The van der Waals surface area contributed by atoms with Crippen LogP contribution in [0.5, 0.6) is 0 Å². The van der Waals surface area contributed by atoms with Crippen LogP contribution in [0.2, 0.25) is 0 Å². The van der Waals surface area contributed by atoms with E-state index in [0.717, 1.165) is 81.2 Å². The SMILES string of the molecule is CC(C)c1cccc(C(C)C)c1-n1c(-c2[c-]cccc2)nc2ccccc21.[2H]c1c([2H])c([2H])c(-c2ccc3c(ccc4cc5c(cc43)sc3c(-c4nc6ccccc6n4-c4c(C(C)C)cccc4C(C)C)[c-]ccc35)c2)c([2H])c1[2H].[Ir]. The Morgan fingerprint density at radius 1 is 0.461 bits per heavy atom. The fraction of sp³-hybridized carbons (Fsp3) is 0.171. The number of aromatic nitrogens is 4. The topological polar surface area (TPSA) is 35.6 Å². The Labute approximate surface area is 471 Å². The van der Waals surface area contributed by atoms with Crippen LogP contribution in [0.1, 0.15) is 108 Å². The molecule has 0 atom stereocenters. The molecule has 0 aliphatic rings. The molecule has 0 spiro atoms. The van der Waals surface area contributed by atoms with Gasteiger partial charge in [-0.05, 0) is 131 Å². The minimum Gasteiger partial charge on any atom is -0.333 e. The standard InChI is InChI=1S/C45H35N2S.C25H25N2.Ir/c1-27(2)33-14-10-15-34(28(3)4)43(33)47-41-19-9-8-18-40(41)46-45(47)37-17-11-16-36-39-25-32-21-20-31-24-30(29-12-6-5-7-13-29)22-23-35(31)38(32)26-42(39)48-44(36)37;1-17(2)20-13-10-14-21(18(3)4)24(20)27-23-16-9-8-15-22(23)26-25(27)19-11-6-5-7-12-19;/h5-16,18-28H,1-4H3;5-11,13-18H,1-4H3;/q2*-1;/i5D,6D,7D,12D,13D;;. The minimum absolute atomic E-state index is 0. The smallest absolute Gasteiger partial charge is 0.0774 e. The molecule has 0 saturated heterocycles. The molecule has 3 heterocycles. The zero-order chi connectivity index (χ0) is 55.8. The van der Waals surface area contributed by atoms with Crippen molar-refractivity contribution in [3.8, 4) is 45.3 Å². The van der Waals surface area contributed by atoms with Crippen LogP contribution in [0.3, 0.4) is 0 Å². The van der Waals surface area contributed by atoms with Crippen molar-refractivity contribution in [2.45, 2.75) is 79.1 Å². The van der Waals surface area contributed by atoms with Gasteiger partial charge in [0.05, 0.1) is 40.6 Å². The van der Waals surface area contributed by atoms with E-state index in [-0.39, 0.29) is 55.9 Å². The van der Waals surface area contributed by atoms with Gasteiger partial charge in [-0.3, -0.25) is 9.97 Å². The first-order valence-corrected chi connectivity index (χ1v) is 26.9. The van der Waals surface area contributed by atoms with E-state index in [0.29, 0.717) is 29.2 Å². The number of rotatable bonds is 9. The molecule has 6 heteroatoms. The summed E-state index contributed by atoms with van der Waals surface area (Å²) in [5.41, 5.74) is 14.7. The first-order valence-electron chi connectivity index (χ1n) is 28.6. The van der Waals surface area contributed by atoms with Gasteiger partial charge in [0.25, 0.3) is 0 Å². The maximum atomic E-state index is 8.51. The molecule has 13 aromatic rings. The number of fused-ring (bicyclic) bond motifs is 8. The number of hydrogen-bond acceptors (Lipinski definition) is 3. The zero-order valence-electron chi connectivity index (χ0n) is 48.9. The maximum Gasteiger partial charge on any atom is 0.0774 e. The molecule has 0 unspecified atom stereocenters. The molecular formula is C70H60IrN4S-2. The van der Waals surface area contributed by atoms with Gasteiger partial charge in [0.15, 0.2) is 0 Å². The average Bonchev–Trinajstić information content (AvgIpc) is 4.40. The van der Waals surface area contributed by atoms with Crippen molar-refractivity contribution >= 4 is 75.1 Å². The monoisotopic (exact) mass is 1190 g/mol. The second-order valence-corrected chi connectivity index (χ2v) is 21.8. The van der Waals surface area contributed by atoms with Crippen LogP contribution in [0.4, 0.5) is 0 Å². The first kappa shape index (κ1) is 44.8. The van der Waals surface area contributed by atoms with Gasteiger partial charge in [0.2, 0.25) is 0 Å². The predicted molar refractivity (Wildman–Crippen MR) is 320 cm³/mol. The molecule has 0 aliphatic carbocycles. The van der Waals surface area contributed by atoms with Crippen molar-refractivity contribution in [2.24, 2.45) is 0 Å². The van der Waals surface area contributed by atoms with Crippen LogP contribution in [0.25, 0.3) is 109 Å². The fourth-order valence-electron chi connectivity index (χ4n) is 10.9. The van der Waals surface area contributed by atoms with E-state index in [1.54, 1.807) is 11.3 Å². The summed E-state index contributed by atoms with van der Waals surface area (Å²) in [6.07, 6.45) is 0. The molecule has 0 N–H and O–H groups in total. The van der Waals surface area contributed by atoms with E-state index in [2.05, 4.69) is 192 Å². The summed E-state index contributed by atoms with van der Waals surface area (Å²) in [7, 11) is 0. The van der Waals surface area contributed by atoms with Crippen molar-refractivity contribution in [2.75, 3.05) is 0 Å². The number of thiophene rings is 1. The summed E-state index contributed by atoms with van der Waals surface area (Å²) >= 11 is 1.76. The van der Waals surface area contributed by atoms with Crippen molar-refractivity contribution in [3.63, 3.8) is 0 Å². The van der Waals surface area contributed by atoms with Crippen molar-refractivity contribution in [1.82, 2.24) is 19.1 Å². The molecule has 3 aromatic heterocycles. The van der Waals surface area contributed by atoms with Crippen LogP contribution < -0.4 is 0 Å². The molecule has 1 radical (unpaired) electrons. The van der Waals surface area contributed by atoms with Gasteiger partial charge in [0, 0.05) is 36.2 Å². The number of imidazole rings is 2. The predicted octanol–water partition coefficient (Wildman–Crippen LogP) is 19.8. The number of nitrogens with zero attached hydrogens (tertiary/aromatic N) is 4. The third-order valence-electron chi connectivity index (χ3n) is 14.6. The Balaban J connectivity index is 0.000000207. The second-order valence-electron chi connectivity index (χ2n) is 20.8. The van der Waals surface area contributed by atoms with Crippen LogP contribution >= 0.6 is 11.3 Å². The Kier molecular flexibility index (Phi) is 12.3. The van der Waals surface area contributed by atoms with Crippen molar-refractivity contribution in [3.05, 3.63) is 228 Å². The van der Waals surface area contributed by atoms with Gasteiger partial charge in [-0.2, -0.15) is 11.3 Å². The Morgan fingerprint density at radius 2 is 1.01 bits per heavy atom. The Morgan fingerprint density at radius 3 is 1.59 bits per heavy atom. The minimum atomic E-state index is -0.387. The quantitative estimate of drug-likeness (QED) is 0.107. The molecule has 0 fully saturated rings. The van der Waals surface area contributed by atoms with Crippen LogP contribution in [-0.4, -0.2) is 19.1 Å². The molecular weight excluding hydrogens is 1120 g/mol. The Hall–Kier alpha value is -7.47. The zero-order valence-corrected chi connectivity index (χ0v) is 47.1. The normalized spacial score (nSPS) is 12.7. The van der Waals surface area contributed by atoms with E-state index < -0.39 is 0 Å². The molecule has 4 nitrogen and oxygen atoms in total. The first-order chi connectivity index (χ1) is 38.6. The molecule has 10 aromatic carbocycles. The van der Waals surface area contributed by atoms with E-state index >= 15 is 0 Å². The summed E-state index contributed by atoms with van der Waals surface area (Å²) < 4.78 is 48.4. The molecule has 377 valence electrons. The largest absolute Gasteiger partial charge is 0.333 e. The summed E-state index contributed by atoms with van der Waals surface area (Å²) in [5, 5.41) is 6.52. The molecule has 76 heavy (non-hydrogen) atoms. The average molecular weight is 1190 g/mol. The van der Waals surface area contributed by atoms with E-state index in [1.165, 1.54) is 39.0 Å². The second kappa shape index (κ2) is 20.9. The van der Waals surface area contributed by atoms with Gasteiger partial charge in [-0.15, -0.1) is 54.1 Å². The van der Waals surface area contributed by atoms with Crippen molar-refractivity contribution < 1.29 is 27.0 Å². The summed E-state index contributed by atoms with van der Waals surface area (Å²) in [5.74, 6) is 3.31. The van der Waals surface area contributed by atoms with Gasteiger partial charge in [-0.25, -0.2) is 0 Å². The van der Waals surface area contributed by atoms with Gasteiger partial charge >= 0.3 is 0 Å². The number of benzene rings is 10. The van der Waals surface area contributed by atoms with Crippen molar-refractivity contribution in [1.29, 1.82) is 0 Å². The maximum absolute atomic E-state index is 8.51. The van der Waals surface area contributed by atoms with Gasteiger partial charge < -0.3 is 9.13 Å². The van der Waals surface area contributed by atoms with Crippen LogP contribution in [-0.2, 0) is 20.1 Å². The van der Waals surface area contributed by atoms with Gasteiger partial charge in [-0.1, -0.05) is 181 Å². The Bertz CT molecular complexity index is 4490. The van der Waals surface area contributed by atoms with E-state index in [1.807, 2.05) is 48.5 Å². The molecule has 0 amide bonds. The molecule has 0 saturated carbocycles. The van der Waals surface area contributed by atoms with Crippen LogP contribution in [0.15, 0.2) is 194 Å².